The Kier molecular flexibility index (Phi) is 4.19. The van der Waals surface area contributed by atoms with Crippen LogP contribution in [0.3, 0.4) is 0 Å². The topological polar surface area (TPSA) is 65.4 Å². The number of pyridine rings is 1. The number of aromatic hydroxyl groups is 1. The van der Waals surface area contributed by atoms with Crippen LogP contribution in [0.2, 0.25) is 0 Å². The summed E-state index contributed by atoms with van der Waals surface area (Å²) in [6.45, 7) is 4.51. The van der Waals surface area contributed by atoms with Crippen LogP contribution in [0.5, 0.6) is 5.75 Å². The standard InChI is InChI=1S/C14H22N2O2/c1-3-4-10-5-13(10)16-7-12-11(8-17)6-15-9(2)14(12)18/h6,10,13,16-18H,3-5,7-8H2,1-2H3. The van der Waals surface area contributed by atoms with Gasteiger partial charge in [-0.25, -0.2) is 0 Å². The van der Waals surface area contributed by atoms with Crippen molar-refractivity contribution in [2.24, 2.45) is 5.92 Å². The average Bonchev–Trinajstić information content (AvgIpc) is 3.10. The zero-order chi connectivity index (χ0) is 13.1. The Morgan fingerprint density at radius 3 is 2.94 bits per heavy atom. The van der Waals surface area contributed by atoms with Gasteiger partial charge >= 0.3 is 0 Å². The number of nitrogens with zero attached hydrogens (tertiary/aromatic N) is 1. The minimum absolute atomic E-state index is 0.0824. The molecule has 1 fully saturated rings. The lowest BCUT2D eigenvalue weighted by atomic mass is 10.1. The molecule has 0 bridgehead atoms. The lowest BCUT2D eigenvalue weighted by Gasteiger charge is -2.12. The van der Waals surface area contributed by atoms with Gasteiger partial charge in [0.05, 0.1) is 12.3 Å². The van der Waals surface area contributed by atoms with E-state index in [0.717, 1.165) is 11.5 Å². The van der Waals surface area contributed by atoms with Crippen LogP contribution in [0.25, 0.3) is 0 Å². The first kappa shape index (κ1) is 13.3. The number of aliphatic hydroxyl groups excluding tert-OH is 1. The molecule has 1 aliphatic rings. The molecule has 1 aromatic heterocycles. The van der Waals surface area contributed by atoms with E-state index in [4.69, 9.17) is 0 Å². The van der Waals surface area contributed by atoms with Crippen molar-refractivity contribution in [3.63, 3.8) is 0 Å². The Hall–Kier alpha value is -1.13. The molecule has 0 aliphatic heterocycles. The molecule has 100 valence electrons. The largest absolute Gasteiger partial charge is 0.506 e. The summed E-state index contributed by atoms with van der Waals surface area (Å²) in [7, 11) is 0. The molecule has 2 atom stereocenters. The molecule has 4 heteroatoms. The molecule has 1 aliphatic carbocycles. The number of nitrogens with one attached hydrogen (secondary N) is 1. The van der Waals surface area contributed by atoms with Gasteiger partial charge in [-0.05, 0) is 25.7 Å². The van der Waals surface area contributed by atoms with Crippen LogP contribution in [-0.4, -0.2) is 21.2 Å². The summed E-state index contributed by atoms with van der Waals surface area (Å²) < 4.78 is 0. The zero-order valence-corrected chi connectivity index (χ0v) is 11.1. The number of hydrogen-bond donors (Lipinski definition) is 3. The van der Waals surface area contributed by atoms with E-state index in [9.17, 15) is 10.2 Å². The highest BCUT2D eigenvalue weighted by Crippen LogP contribution is 2.35. The molecule has 1 aromatic rings. The van der Waals surface area contributed by atoms with Crippen LogP contribution >= 0.6 is 0 Å². The summed E-state index contributed by atoms with van der Waals surface area (Å²) in [4.78, 5) is 4.06. The average molecular weight is 250 g/mol. The highest BCUT2D eigenvalue weighted by atomic mass is 16.3. The van der Waals surface area contributed by atoms with Gasteiger partial charge in [0.25, 0.3) is 0 Å². The van der Waals surface area contributed by atoms with Crippen LogP contribution in [0.4, 0.5) is 0 Å². The summed E-state index contributed by atoms with van der Waals surface area (Å²) in [5.74, 6) is 0.999. The second-order valence-corrected chi connectivity index (χ2v) is 5.13. The molecule has 4 nitrogen and oxygen atoms in total. The molecule has 3 N–H and O–H groups in total. The third-order valence-corrected chi connectivity index (χ3v) is 3.72. The first-order valence-corrected chi connectivity index (χ1v) is 6.67. The molecule has 1 heterocycles. The maximum atomic E-state index is 10.00. The fraction of sp³-hybridized carbons (Fsp3) is 0.643. The van der Waals surface area contributed by atoms with Gasteiger partial charge in [0.15, 0.2) is 0 Å². The van der Waals surface area contributed by atoms with E-state index in [2.05, 4.69) is 17.2 Å². The van der Waals surface area contributed by atoms with E-state index in [1.807, 2.05) is 0 Å². The Bertz CT molecular complexity index is 421. The number of aryl methyl sites for hydroxylation is 1. The van der Waals surface area contributed by atoms with E-state index in [0.29, 0.717) is 23.8 Å². The van der Waals surface area contributed by atoms with Crippen LogP contribution in [0.15, 0.2) is 6.20 Å². The number of rotatable bonds is 6. The molecule has 0 amide bonds. The van der Waals surface area contributed by atoms with Crippen molar-refractivity contribution < 1.29 is 10.2 Å². The van der Waals surface area contributed by atoms with Crippen LogP contribution in [0, 0.1) is 12.8 Å². The van der Waals surface area contributed by atoms with E-state index in [1.54, 1.807) is 13.1 Å². The van der Waals surface area contributed by atoms with Crippen molar-refractivity contribution in [2.45, 2.75) is 52.3 Å². The molecule has 18 heavy (non-hydrogen) atoms. The summed E-state index contributed by atoms with van der Waals surface area (Å²) >= 11 is 0. The number of aliphatic hydroxyl groups is 1. The molecule has 0 radical (unpaired) electrons. The van der Waals surface area contributed by atoms with Crippen LogP contribution < -0.4 is 5.32 Å². The maximum Gasteiger partial charge on any atom is 0.141 e. The van der Waals surface area contributed by atoms with E-state index in [-0.39, 0.29) is 12.4 Å². The monoisotopic (exact) mass is 250 g/mol. The Morgan fingerprint density at radius 1 is 1.50 bits per heavy atom. The minimum Gasteiger partial charge on any atom is -0.506 e. The molecule has 0 spiro atoms. The lowest BCUT2D eigenvalue weighted by Crippen LogP contribution is -2.19. The van der Waals surface area contributed by atoms with Crippen LogP contribution in [0.1, 0.15) is 43.0 Å². The first-order valence-electron chi connectivity index (χ1n) is 6.67. The van der Waals surface area contributed by atoms with Gasteiger partial charge < -0.3 is 15.5 Å². The Balaban J connectivity index is 1.99. The van der Waals surface area contributed by atoms with Gasteiger partial charge in [-0.15, -0.1) is 0 Å². The van der Waals surface area contributed by atoms with Gasteiger partial charge in [-0.3, -0.25) is 4.98 Å². The van der Waals surface area contributed by atoms with Gasteiger partial charge in [0.2, 0.25) is 0 Å². The van der Waals surface area contributed by atoms with Crippen molar-refractivity contribution in [2.75, 3.05) is 0 Å². The molecule has 2 rings (SSSR count). The van der Waals surface area contributed by atoms with E-state index < -0.39 is 0 Å². The van der Waals surface area contributed by atoms with Crippen molar-refractivity contribution in [3.8, 4) is 5.75 Å². The Labute approximate surface area is 108 Å². The highest BCUT2D eigenvalue weighted by Gasteiger charge is 2.35. The summed E-state index contributed by atoms with van der Waals surface area (Å²) in [6, 6.07) is 0.573. The predicted octanol–water partition coefficient (Wildman–Crippen LogP) is 1.87. The van der Waals surface area contributed by atoms with Crippen molar-refractivity contribution in [1.82, 2.24) is 10.3 Å². The number of aromatic nitrogens is 1. The fourth-order valence-electron chi connectivity index (χ4n) is 2.44. The van der Waals surface area contributed by atoms with E-state index in [1.165, 1.54) is 19.3 Å². The van der Waals surface area contributed by atoms with Crippen molar-refractivity contribution in [3.05, 3.63) is 23.0 Å². The second kappa shape index (κ2) is 5.67. The van der Waals surface area contributed by atoms with Crippen molar-refractivity contribution in [1.29, 1.82) is 0 Å². The third kappa shape index (κ3) is 2.82. The highest BCUT2D eigenvalue weighted by molar-refractivity contribution is 5.40. The second-order valence-electron chi connectivity index (χ2n) is 5.13. The van der Waals surface area contributed by atoms with Gasteiger partial charge in [-0.2, -0.15) is 0 Å². The summed E-state index contributed by atoms with van der Waals surface area (Å²) in [5, 5.41) is 22.7. The van der Waals surface area contributed by atoms with Gasteiger partial charge in [-0.1, -0.05) is 13.3 Å². The molecule has 1 saturated carbocycles. The van der Waals surface area contributed by atoms with Gasteiger partial charge in [0, 0.05) is 29.9 Å². The normalized spacial score (nSPS) is 22.2. The van der Waals surface area contributed by atoms with Crippen molar-refractivity contribution >= 4 is 0 Å². The maximum absolute atomic E-state index is 10.00. The smallest absolute Gasteiger partial charge is 0.141 e. The lowest BCUT2D eigenvalue weighted by molar-refractivity contribution is 0.278. The Morgan fingerprint density at radius 2 is 2.28 bits per heavy atom. The summed E-state index contributed by atoms with van der Waals surface area (Å²) in [6.07, 6.45) is 5.37. The number of hydrogen-bond acceptors (Lipinski definition) is 4. The molecule has 0 saturated heterocycles. The molecule has 2 unspecified atom stereocenters. The fourth-order valence-corrected chi connectivity index (χ4v) is 2.44. The molecule has 0 aromatic carbocycles. The summed E-state index contributed by atoms with van der Waals surface area (Å²) in [5.41, 5.74) is 2.11. The third-order valence-electron chi connectivity index (χ3n) is 3.72. The molecular weight excluding hydrogens is 228 g/mol. The van der Waals surface area contributed by atoms with Gasteiger partial charge in [0.1, 0.15) is 5.75 Å². The quantitative estimate of drug-likeness (QED) is 0.721. The molecular formula is C14H22N2O2. The minimum atomic E-state index is -0.0824. The van der Waals surface area contributed by atoms with E-state index >= 15 is 0 Å². The van der Waals surface area contributed by atoms with Crippen LogP contribution in [-0.2, 0) is 13.2 Å². The first-order chi connectivity index (χ1) is 8.67. The SMILES string of the molecule is CCCC1CC1NCc1c(CO)cnc(C)c1O. The predicted molar refractivity (Wildman–Crippen MR) is 70.2 cm³/mol. The zero-order valence-electron chi connectivity index (χ0n) is 11.1.